The van der Waals surface area contributed by atoms with Crippen LogP contribution in [0.2, 0.25) is 0 Å². The van der Waals surface area contributed by atoms with E-state index in [0.717, 1.165) is 24.5 Å². The molecule has 0 aliphatic carbocycles. The van der Waals surface area contributed by atoms with Crippen LogP contribution in [0.5, 0.6) is 5.88 Å². The lowest BCUT2D eigenvalue weighted by molar-refractivity contribution is -0.0528. The zero-order valence-corrected chi connectivity index (χ0v) is 12.8. The van der Waals surface area contributed by atoms with Crippen LogP contribution in [-0.2, 0) is 0 Å². The maximum absolute atomic E-state index is 12.1. The van der Waals surface area contributed by atoms with Gasteiger partial charge in [-0.25, -0.2) is 9.97 Å². The Morgan fingerprint density at radius 3 is 2.29 bits per heavy atom. The second-order valence-electron chi connectivity index (χ2n) is 5.21. The summed E-state index contributed by atoms with van der Waals surface area (Å²) in [5, 5.41) is 0. The van der Waals surface area contributed by atoms with E-state index in [1.807, 2.05) is 0 Å². The van der Waals surface area contributed by atoms with Crippen molar-refractivity contribution in [1.29, 1.82) is 0 Å². The summed E-state index contributed by atoms with van der Waals surface area (Å²) in [6.45, 7) is 0.000137. The lowest BCUT2D eigenvalue weighted by atomic mass is 10.2. The minimum absolute atomic E-state index is 0.0980. The third-order valence-corrected chi connectivity index (χ3v) is 3.73. The Balaban J connectivity index is 1.62. The average molecular weight is 337 g/mol. The van der Waals surface area contributed by atoms with E-state index in [9.17, 15) is 8.78 Å². The van der Waals surface area contributed by atoms with E-state index in [1.54, 1.807) is 12.3 Å². The summed E-state index contributed by atoms with van der Waals surface area (Å²) in [6, 6.07) is 3.14. The normalized spacial score (nSPS) is 15.0. The molecule has 0 bridgehead atoms. The Morgan fingerprint density at radius 2 is 1.71 bits per heavy atom. The number of piperazine rings is 1. The van der Waals surface area contributed by atoms with Crippen LogP contribution in [0.3, 0.4) is 0 Å². The van der Waals surface area contributed by atoms with E-state index in [2.05, 4.69) is 29.5 Å². The van der Waals surface area contributed by atoms with Gasteiger partial charge in [-0.2, -0.15) is 13.8 Å². The van der Waals surface area contributed by atoms with Gasteiger partial charge in [0, 0.05) is 32.2 Å². The third kappa shape index (κ3) is 3.53. The highest BCUT2D eigenvalue weighted by Gasteiger charge is 2.20. The smallest absolute Gasteiger partial charge is 0.388 e. The highest BCUT2D eigenvalue weighted by molar-refractivity contribution is 5.64. The van der Waals surface area contributed by atoms with Crippen molar-refractivity contribution in [3.05, 3.63) is 24.5 Å². The molecule has 128 valence electrons. The van der Waals surface area contributed by atoms with Gasteiger partial charge in [0.2, 0.25) is 11.8 Å². The Labute approximate surface area is 137 Å². The molecule has 1 aliphatic rings. The van der Waals surface area contributed by atoms with Crippen molar-refractivity contribution in [3.63, 3.8) is 0 Å². The van der Waals surface area contributed by atoms with E-state index in [0.29, 0.717) is 18.9 Å². The summed E-state index contributed by atoms with van der Waals surface area (Å²) < 4.78 is 28.5. The molecule has 0 atom stereocenters. The first kappa shape index (κ1) is 16.0. The van der Waals surface area contributed by atoms with Crippen molar-refractivity contribution < 1.29 is 13.5 Å². The molecule has 2 aromatic heterocycles. The van der Waals surface area contributed by atoms with Crippen molar-refractivity contribution >= 4 is 23.1 Å². The molecule has 2 aromatic rings. The number of nitrogen functional groups attached to an aromatic ring is 2. The van der Waals surface area contributed by atoms with Crippen LogP contribution in [0.25, 0.3) is 0 Å². The van der Waals surface area contributed by atoms with Gasteiger partial charge in [-0.3, -0.25) is 0 Å². The summed E-state index contributed by atoms with van der Waals surface area (Å²) in [5.41, 5.74) is 13.0. The van der Waals surface area contributed by atoms with Gasteiger partial charge < -0.3 is 26.0 Å². The number of halogens is 2. The molecule has 1 aliphatic heterocycles. The molecule has 0 unspecified atom stereocenters. The van der Waals surface area contributed by atoms with Gasteiger partial charge in [0.25, 0.3) is 0 Å². The first-order chi connectivity index (χ1) is 11.5. The molecule has 3 heterocycles. The number of aromatic nitrogens is 3. The highest BCUT2D eigenvalue weighted by atomic mass is 19.3. The lowest BCUT2D eigenvalue weighted by Gasteiger charge is -2.37. The molecule has 0 saturated carbocycles. The minimum Gasteiger partial charge on any atom is -0.417 e. The highest BCUT2D eigenvalue weighted by Crippen LogP contribution is 2.24. The van der Waals surface area contributed by atoms with E-state index in [4.69, 9.17) is 11.5 Å². The Hall–Kier alpha value is -2.91. The maximum atomic E-state index is 12.1. The molecule has 1 fully saturated rings. The first-order valence-corrected chi connectivity index (χ1v) is 7.31. The molecule has 0 amide bonds. The van der Waals surface area contributed by atoms with Crippen molar-refractivity contribution in [1.82, 2.24) is 15.0 Å². The largest absolute Gasteiger partial charge is 0.417 e. The second kappa shape index (κ2) is 6.69. The maximum Gasteiger partial charge on any atom is 0.388 e. The van der Waals surface area contributed by atoms with E-state index in [-0.39, 0.29) is 11.8 Å². The SMILES string of the molecule is Nc1ncc(N2CCN(c3ccc(OC(F)F)nc3)CC2)c(N)n1. The number of nitrogens with two attached hydrogens (primary N) is 2. The predicted octanol–water partition coefficient (Wildman–Crippen LogP) is 0.964. The molecular formula is C14H17F2N7O. The van der Waals surface area contributed by atoms with Gasteiger partial charge in [0.1, 0.15) is 0 Å². The molecule has 8 nitrogen and oxygen atoms in total. The Kier molecular flexibility index (Phi) is 4.45. The number of pyridine rings is 1. The van der Waals surface area contributed by atoms with Crippen LogP contribution in [-0.4, -0.2) is 47.7 Å². The summed E-state index contributed by atoms with van der Waals surface area (Å²) in [7, 11) is 0. The topological polar surface area (TPSA) is 106 Å². The summed E-state index contributed by atoms with van der Waals surface area (Å²) in [5.74, 6) is 0.400. The van der Waals surface area contributed by atoms with Gasteiger partial charge >= 0.3 is 6.61 Å². The van der Waals surface area contributed by atoms with Gasteiger partial charge in [0.05, 0.1) is 23.8 Å². The quantitative estimate of drug-likeness (QED) is 0.850. The van der Waals surface area contributed by atoms with Crippen molar-refractivity contribution in [3.8, 4) is 5.88 Å². The van der Waals surface area contributed by atoms with Crippen LogP contribution in [0.4, 0.5) is 31.9 Å². The molecule has 10 heteroatoms. The molecule has 24 heavy (non-hydrogen) atoms. The number of anilines is 4. The summed E-state index contributed by atoms with van der Waals surface area (Å²) in [6.07, 6.45) is 3.14. The lowest BCUT2D eigenvalue weighted by Crippen LogP contribution is -2.46. The molecule has 4 N–H and O–H groups in total. The van der Waals surface area contributed by atoms with Crippen molar-refractivity contribution in [2.75, 3.05) is 47.4 Å². The monoisotopic (exact) mass is 337 g/mol. The summed E-state index contributed by atoms with van der Waals surface area (Å²) in [4.78, 5) is 16.0. The molecule has 0 spiro atoms. The number of alkyl halides is 2. The first-order valence-electron chi connectivity index (χ1n) is 7.31. The van der Waals surface area contributed by atoms with E-state index in [1.165, 1.54) is 12.3 Å². The van der Waals surface area contributed by atoms with Crippen LogP contribution in [0.1, 0.15) is 0 Å². The Morgan fingerprint density at radius 1 is 1.00 bits per heavy atom. The minimum atomic E-state index is -2.88. The number of hydrogen-bond donors (Lipinski definition) is 2. The molecule has 0 aromatic carbocycles. The van der Waals surface area contributed by atoms with Gasteiger partial charge in [-0.1, -0.05) is 0 Å². The van der Waals surface area contributed by atoms with Crippen molar-refractivity contribution in [2.24, 2.45) is 0 Å². The van der Waals surface area contributed by atoms with Gasteiger partial charge in [0.15, 0.2) is 5.82 Å². The molecule has 3 rings (SSSR count). The predicted molar refractivity (Wildman–Crippen MR) is 86.2 cm³/mol. The van der Waals surface area contributed by atoms with E-state index >= 15 is 0 Å². The van der Waals surface area contributed by atoms with Crippen LogP contribution in [0, 0.1) is 0 Å². The molecule has 0 radical (unpaired) electrons. The molecular weight excluding hydrogens is 320 g/mol. The fourth-order valence-corrected chi connectivity index (χ4v) is 2.57. The Bertz CT molecular complexity index is 690. The average Bonchev–Trinajstić information content (AvgIpc) is 2.55. The fraction of sp³-hybridized carbons (Fsp3) is 0.357. The van der Waals surface area contributed by atoms with E-state index < -0.39 is 6.61 Å². The summed E-state index contributed by atoms with van der Waals surface area (Å²) >= 11 is 0. The van der Waals surface area contributed by atoms with Crippen LogP contribution < -0.4 is 26.0 Å². The fourth-order valence-electron chi connectivity index (χ4n) is 2.57. The zero-order valence-electron chi connectivity index (χ0n) is 12.8. The van der Waals surface area contributed by atoms with Crippen molar-refractivity contribution in [2.45, 2.75) is 6.61 Å². The number of rotatable bonds is 4. The number of nitrogens with zero attached hydrogens (tertiary/aromatic N) is 5. The third-order valence-electron chi connectivity index (χ3n) is 3.73. The number of ether oxygens (including phenoxy) is 1. The standard InChI is InChI=1S/C14H17F2N7O/c15-13(16)24-11-2-1-9(7-19-11)22-3-5-23(6-4-22)10-8-20-14(18)21-12(10)17/h1-2,7-8,13H,3-6H2,(H4,17,18,20,21). The van der Waals surface area contributed by atoms with Crippen LogP contribution >= 0.6 is 0 Å². The van der Waals surface area contributed by atoms with Gasteiger partial charge in [-0.15, -0.1) is 0 Å². The zero-order chi connectivity index (χ0) is 17.1. The second-order valence-corrected chi connectivity index (χ2v) is 5.21. The van der Waals surface area contributed by atoms with Crippen LogP contribution in [0.15, 0.2) is 24.5 Å². The molecule has 1 saturated heterocycles. The number of hydrogen-bond acceptors (Lipinski definition) is 8. The van der Waals surface area contributed by atoms with Gasteiger partial charge in [-0.05, 0) is 6.07 Å².